The summed E-state index contributed by atoms with van der Waals surface area (Å²) in [4.78, 5) is 0. The predicted octanol–water partition coefficient (Wildman–Crippen LogP) is 3.76. The minimum atomic E-state index is 0.239. The van der Waals surface area contributed by atoms with E-state index in [4.69, 9.17) is 0 Å². The third-order valence-electron chi connectivity index (χ3n) is 2.37. The van der Waals surface area contributed by atoms with Gasteiger partial charge in [-0.25, -0.2) is 0 Å². The molecule has 0 saturated heterocycles. The average molecular weight is 197 g/mol. The first kappa shape index (κ1) is 13.7. The van der Waals surface area contributed by atoms with Gasteiger partial charge in [-0.1, -0.05) is 32.9 Å². The molecular formula is C13H27N. The van der Waals surface area contributed by atoms with Crippen LogP contribution in [-0.2, 0) is 0 Å². The van der Waals surface area contributed by atoms with Crippen molar-refractivity contribution in [2.24, 2.45) is 5.41 Å². The molecule has 0 aliphatic carbocycles. The second-order valence-electron chi connectivity index (χ2n) is 6.13. The monoisotopic (exact) mass is 197 g/mol. The van der Waals surface area contributed by atoms with E-state index in [9.17, 15) is 0 Å². The standard InChI is InChI=1S/C13H27N/c1-11(12(2,3)4)9-8-10-14-13(5,6)7/h14H,1,8-10H2,2-7H3. The Morgan fingerprint density at radius 2 is 1.57 bits per heavy atom. The minimum absolute atomic E-state index is 0.239. The van der Waals surface area contributed by atoms with Gasteiger partial charge in [-0.3, -0.25) is 0 Å². The van der Waals surface area contributed by atoms with E-state index in [1.165, 1.54) is 12.0 Å². The van der Waals surface area contributed by atoms with Crippen LogP contribution in [0.15, 0.2) is 12.2 Å². The molecule has 0 aliphatic heterocycles. The topological polar surface area (TPSA) is 12.0 Å². The van der Waals surface area contributed by atoms with E-state index in [1.807, 2.05) is 0 Å². The maximum atomic E-state index is 4.13. The lowest BCUT2D eigenvalue weighted by molar-refractivity contribution is 0.413. The molecule has 1 N–H and O–H groups in total. The van der Waals surface area contributed by atoms with Crippen LogP contribution >= 0.6 is 0 Å². The van der Waals surface area contributed by atoms with Crippen LogP contribution in [0.3, 0.4) is 0 Å². The molecule has 1 nitrogen and oxygen atoms in total. The summed E-state index contributed by atoms with van der Waals surface area (Å²) in [7, 11) is 0. The fraction of sp³-hybridized carbons (Fsp3) is 0.846. The highest BCUT2D eigenvalue weighted by atomic mass is 14.9. The average Bonchev–Trinajstić information content (AvgIpc) is 1.93. The Labute approximate surface area is 90.0 Å². The highest BCUT2D eigenvalue weighted by molar-refractivity contribution is 5.04. The van der Waals surface area contributed by atoms with Gasteiger partial charge < -0.3 is 5.32 Å². The zero-order valence-electron chi connectivity index (χ0n) is 10.8. The second-order valence-corrected chi connectivity index (χ2v) is 6.13. The van der Waals surface area contributed by atoms with Crippen LogP contribution in [0, 0.1) is 5.41 Å². The number of nitrogens with one attached hydrogen (secondary N) is 1. The summed E-state index contributed by atoms with van der Waals surface area (Å²) >= 11 is 0. The van der Waals surface area contributed by atoms with Crippen LogP contribution < -0.4 is 5.32 Å². The first-order valence-electron chi connectivity index (χ1n) is 5.56. The van der Waals surface area contributed by atoms with Crippen molar-refractivity contribution < 1.29 is 0 Å². The third-order valence-corrected chi connectivity index (χ3v) is 2.37. The smallest absolute Gasteiger partial charge is 0.00965 e. The Morgan fingerprint density at radius 3 is 1.93 bits per heavy atom. The van der Waals surface area contributed by atoms with Crippen molar-refractivity contribution >= 4 is 0 Å². The Hall–Kier alpha value is -0.300. The summed E-state index contributed by atoms with van der Waals surface area (Å²) in [6.07, 6.45) is 2.32. The van der Waals surface area contributed by atoms with Crippen molar-refractivity contribution in [2.75, 3.05) is 6.54 Å². The molecule has 0 unspecified atom stereocenters. The predicted molar refractivity (Wildman–Crippen MR) is 65.6 cm³/mol. The van der Waals surface area contributed by atoms with Crippen molar-refractivity contribution in [3.63, 3.8) is 0 Å². The third kappa shape index (κ3) is 7.14. The number of hydrogen-bond acceptors (Lipinski definition) is 1. The van der Waals surface area contributed by atoms with Crippen molar-refractivity contribution in [3.05, 3.63) is 12.2 Å². The Kier molecular flexibility index (Phi) is 4.87. The van der Waals surface area contributed by atoms with E-state index in [0.29, 0.717) is 0 Å². The summed E-state index contributed by atoms with van der Waals surface area (Å²) in [6, 6.07) is 0. The van der Waals surface area contributed by atoms with Crippen LogP contribution in [0.5, 0.6) is 0 Å². The zero-order valence-corrected chi connectivity index (χ0v) is 10.8. The molecule has 0 saturated carbocycles. The molecule has 0 aromatic heterocycles. The molecule has 0 amide bonds. The molecule has 0 atom stereocenters. The Bertz CT molecular complexity index is 178. The lowest BCUT2D eigenvalue weighted by Crippen LogP contribution is -2.36. The largest absolute Gasteiger partial charge is 0.312 e. The van der Waals surface area contributed by atoms with Gasteiger partial charge in [0.1, 0.15) is 0 Å². The maximum absolute atomic E-state index is 4.13. The van der Waals surface area contributed by atoms with Crippen LogP contribution in [0.1, 0.15) is 54.4 Å². The van der Waals surface area contributed by atoms with Gasteiger partial charge in [0.15, 0.2) is 0 Å². The molecule has 14 heavy (non-hydrogen) atoms. The quantitative estimate of drug-likeness (QED) is 0.534. The van der Waals surface area contributed by atoms with E-state index in [0.717, 1.165) is 13.0 Å². The number of allylic oxidation sites excluding steroid dienone is 1. The van der Waals surface area contributed by atoms with Gasteiger partial charge in [0.2, 0.25) is 0 Å². The lowest BCUT2D eigenvalue weighted by atomic mass is 9.85. The molecule has 84 valence electrons. The normalized spacial score (nSPS) is 13.0. The molecule has 1 heteroatoms. The van der Waals surface area contributed by atoms with Crippen molar-refractivity contribution in [1.82, 2.24) is 5.32 Å². The van der Waals surface area contributed by atoms with Gasteiger partial charge in [0, 0.05) is 5.54 Å². The highest BCUT2D eigenvalue weighted by Crippen LogP contribution is 2.26. The summed E-state index contributed by atoms with van der Waals surface area (Å²) in [5.41, 5.74) is 1.86. The summed E-state index contributed by atoms with van der Waals surface area (Å²) in [5, 5.41) is 3.49. The molecule has 0 aliphatic rings. The van der Waals surface area contributed by atoms with E-state index in [2.05, 4.69) is 53.4 Å². The van der Waals surface area contributed by atoms with E-state index < -0.39 is 0 Å². The molecule has 0 rings (SSSR count). The highest BCUT2D eigenvalue weighted by Gasteiger charge is 2.14. The number of hydrogen-bond donors (Lipinski definition) is 1. The van der Waals surface area contributed by atoms with Crippen LogP contribution in [0.4, 0.5) is 0 Å². The molecule has 0 bridgehead atoms. The molecule has 0 aromatic carbocycles. The molecule has 0 heterocycles. The molecule has 0 spiro atoms. The summed E-state index contributed by atoms with van der Waals surface area (Å²) < 4.78 is 0. The zero-order chi connectivity index (χ0) is 11.4. The van der Waals surface area contributed by atoms with Gasteiger partial charge in [-0.15, -0.1) is 0 Å². The Morgan fingerprint density at radius 1 is 1.07 bits per heavy atom. The van der Waals surface area contributed by atoms with Crippen molar-refractivity contribution in [3.8, 4) is 0 Å². The van der Waals surface area contributed by atoms with Crippen LogP contribution in [-0.4, -0.2) is 12.1 Å². The van der Waals surface area contributed by atoms with Crippen molar-refractivity contribution in [1.29, 1.82) is 0 Å². The first-order chi connectivity index (χ1) is 6.13. The van der Waals surface area contributed by atoms with Gasteiger partial charge in [-0.05, 0) is 45.6 Å². The molecule has 0 fully saturated rings. The van der Waals surface area contributed by atoms with E-state index in [-0.39, 0.29) is 11.0 Å². The summed E-state index contributed by atoms with van der Waals surface area (Å²) in [5.74, 6) is 0. The lowest BCUT2D eigenvalue weighted by Gasteiger charge is -2.24. The fourth-order valence-electron chi connectivity index (χ4n) is 1.14. The maximum Gasteiger partial charge on any atom is 0.00965 e. The van der Waals surface area contributed by atoms with Crippen LogP contribution in [0.2, 0.25) is 0 Å². The second kappa shape index (κ2) is 4.97. The van der Waals surface area contributed by atoms with Gasteiger partial charge >= 0.3 is 0 Å². The van der Waals surface area contributed by atoms with Gasteiger partial charge in [-0.2, -0.15) is 0 Å². The fourth-order valence-corrected chi connectivity index (χ4v) is 1.14. The Balaban J connectivity index is 3.62. The number of rotatable bonds is 4. The first-order valence-corrected chi connectivity index (χ1v) is 5.56. The summed E-state index contributed by atoms with van der Waals surface area (Å²) in [6.45, 7) is 18.5. The SMILES string of the molecule is C=C(CCCNC(C)(C)C)C(C)(C)C. The van der Waals surface area contributed by atoms with Gasteiger partial charge in [0.25, 0.3) is 0 Å². The minimum Gasteiger partial charge on any atom is -0.312 e. The van der Waals surface area contributed by atoms with Crippen molar-refractivity contribution in [2.45, 2.75) is 59.9 Å². The van der Waals surface area contributed by atoms with E-state index in [1.54, 1.807) is 0 Å². The van der Waals surface area contributed by atoms with E-state index >= 15 is 0 Å². The molecular weight excluding hydrogens is 170 g/mol. The van der Waals surface area contributed by atoms with Crippen LogP contribution in [0.25, 0.3) is 0 Å². The molecule has 0 aromatic rings. The molecule has 0 radical (unpaired) electrons. The van der Waals surface area contributed by atoms with Gasteiger partial charge in [0.05, 0.1) is 0 Å².